The molecular formula is C38H60N6O7S2. The van der Waals surface area contributed by atoms with Gasteiger partial charge >= 0.3 is 0 Å². The molecule has 0 aromatic carbocycles. The Kier molecular flexibility index (Phi) is 14.3. The van der Waals surface area contributed by atoms with Crippen molar-refractivity contribution in [3.8, 4) is 0 Å². The number of rotatable bonds is 15. The number of carbonyl (C=O) groups excluding carboxylic acids is 6. The van der Waals surface area contributed by atoms with Gasteiger partial charge in [0.15, 0.2) is 5.78 Å². The Labute approximate surface area is 322 Å². The third kappa shape index (κ3) is 10.1. The highest BCUT2D eigenvalue weighted by Gasteiger charge is 2.54. The molecule has 3 fully saturated rings. The summed E-state index contributed by atoms with van der Waals surface area (Å²) in [5, 5.41) is 21.3. The van der Waals surface area contributed by atoms with Gasteiger partial charge in [-0.25, -0.2) is 0 Å². The number of thioether (sulfide) groups is 2. The first kappa shape index (κ1) is 42.9. The zero-order chi connectivity index (χ0) is 39.3. The third-order valence-corrected chi connectivity index (χ3v) is 14.4. The van der Waals surface area contributed by atoms with Gasteiger partial charge in [0.1, 0.15) is 29.8 Å². The number of hydrogen-bond acceptors (Lipinski definition) is 10. The quantitative estimate of drug-likeness (QED) is 0.113. The minimum absolute atomic E-state index is 0.123. The summed E-state index contributed by atoms with van der Waals surface area (Å²) in [6.45, 7) is 12.9. The van der Waals surface area contributed by atoms with E-state index in [4.69, 9.17) is 5.73 Å². The number of H-pyrrole nitrogens is 1. The molecule has 0 bridgehead atoms. The third-order valence-electron chi connectivity index (χ3n) is 11.1. The SMILES string of the molecule is CCC[C@](C=O)(CC(N)=O)NC(=O)[C@@H]1CC2(CN1C(O)[C@@H](NC(=O)[C@@H](NC(=O)c1[nH]c(C)c(C)c1C(C)=O)C1CCCCC1)C(C)(C)C)SCCCS2. The first-order valence-electron chi connectivity index (χ1n) is 19.0. The Bertz CT molecular complexity index is 1530. The average molecular weight is 777 g/mol. The largest absolute Gasteiger partial charge is 0.376 e. The second-order valence-corrected chi connectivity index (χ2v) is 19.5. The van der Waals surface area contributed by atoms with Gasteiger partial charge in [-0.3, -0.25) is 28.9 Å². The molecule has 13 nitrogen and oxygen atoms in total. The number of carbonyl (C=O) groups is 6. The molecule has 1 spiro atoms. The van der Waals surface area contributed by atoms with Crippen LogP contribution in [0.15, 0.2) is 0 Å². The maximum absolute atomic E-state index is 14.5. The van der Waals surface area contributed by atoms with Crippen LogP contribution in [0.1, 0.15) is 131 Å². The number of aromatic amines is 1. The average Bonchev–Trinajstić information content (AvgIpc) is 3.62. The van der Waals surface area contributed by atoms with Crippen LogP contribution in [0.3, 0.4) is 0 Å². The number of nitrogens with zero attached hydrogens (tertiary/aromatic N) is 1. The van der Waals surface area contributed by atoms with Crippen LogP contribution in [0.4, 0.5) is 0 Å². The summed E-state index contributed by atoms with van der Waals surface area (Å²) in [6, 6.07) is -2.69. The van der Waals surface area contributed by atoms with Crippen LogP contribution in [0.25, 0.3) is 0 Å². The van der Waals surface area contributed by atoms with Crippen molar-refractivity contribution in [3.63, 3.8) is 0 Å². The predicted octanol–water partition coefficient (Wildman–Crippen LogP) is 3.73. The molecule has 7 N–H and O–H groups in total. The molecule has 1 unspecified atom stereocenters. The van der Waals surface area contributed by atoms with E-state index in [9.17, 15) is 33.9 Å². The summed E-state index contributed by atoms with van der Waals surface area (Å²) in [4.78, 5) is 84.3. The Hall–Kier alpha value is -2.88. The first-order chi connectivity index (χ1) is 24.9. The topological polar surface area (TPSA) is 204 Å². The van der Waals surface area contributed by atoms with E-state index in [1.54, 1.807) is 42.3 Å². The molecule has 3 aliphatic rings. The van der Waals surface area contributed by atoms with E-state index in [1.807, 2.05) is 27.7 Å². The summed E-state index contributed by atoms with van der Waals surface area (Å²) in [5.41, 5.74) is 5.13. The fraction of sp³-hybridized carbons (Fsp3) is 0.737. The van der Waals surface area contributed by atoms with Crippen molar-refractivity contribution in [1.82, 2.24) is 25.8 Å². The molecule has 2 saturated heterocycles. The van der Waals surface area contributed by atoms with E-state index in [1.165, 1.54) is 6.92 Å². The van der Waals surface area contributed by atoms with Crippen LogP contribution in [-0.4, -0.2) is 103 Å². The number of Topliss-reactive ketones (excluding diaryl/α,β-unsaturated/α-hetero) is 1. The lowest BCUT2D eigenvalue weighted by molar-refractivity contribution is -0.139. The lowest BCUT2D eigenvalue weighted by atomic mass is 9.81. The molecular weight excluding hydrogens is 717 g/mol. The molecule has 15 heteroatoms. The molecule has 4 amide bonds. The molecule has 3 heterocycles. The molecule has 4 rings (SSSR count). The van der Waals surface area contributed by atoms with Crippen molar-refractivity contribution in [2.75, 3.05) is 18.1 Å². The smallest absolute Gasteiger partial charge is 0.269 e. The van der Waals surface area contributed by atoms with Crippen molar-refractivity contribution in [2.45, 2.75) is 147 Å². The number of ketones is 1. The van der Waals surface area contributed by atoms with Crippen molar-refractivity contribution in [1.29, 1.82) is 0 Å². The number of amides is 4. The maximum Gasteiger partial charge on any atom is 0.269 e. The zero-order valence-corrected chi connectivity index (χ0v) is 34.0. The first-order valence-corrected chi connectivity index (χ1v) is 20.9. The highest BCUT2D eigenvalue weighted by molar-refractivity contribution is 8.18. The highest BCUT2D eigenvalue weighted by Crippen LogP contribution is 2.51. The molecule has 1 aromatic rings. The van der Waals surface area contributed by atoms with Crippen molar-refractivity contribution >= 4 is 59.2 Å². The van der Waals surface area contributed by atoms with Gasteiger partial charge in [0.05, 0.1) is 28.1 Å². The van der Waals surface area contributed by atoms with Crippen LogP contribution in [0, 0.1) is 25.2 Å². The number of primary amides is 1. The lowest BCUT2D eigenvalue weighted by Gasteiger charge is -2.42. The van der Waals surface area contributed by atoms with Crippen LogP contribution in [0.2, 0.25) is 0 Å². The zero-order valence-electron chi connectivity index (χ0n) is 32.4. The maximum atomic E-state index is 14.5. The number of aryl methyl sites for hydroxylation is 1. The lowest BCUT2D eigenvalue weighted by Crippen LogP contribution is -2.64. The minimum atomic E-state index is -1.47. The molecule has 5 atom stereocenters. The van der Waals surface area contributed by atoms with Gasteiger partial charge in [-0.2, -0.15) is 0 Å². The van der Waals surface area contributed by atoms with Gasteiger partial charge in [-0.1, -0.05) is 53.4 Å². The summed E-state index contributed by atoms with van der Waals surface area (Å²) >= 11 is 3.50. The van der Waals surface area contributed by atoms with Crippen molar-refractivity contribution in [2.24, 2.45) is 17.1 Å². The number of likely N-dealkylation sites (tertiary alicyclic amines) is 1. The van der Waals surface area contributed by atoms with E-state index < -0.39 is 63.0 Å². The number of aliphatic hydroxyl groups is 1. The summed E-state index contributed by atoms with van der Waals surface area (Å²) in [5.74, 6) is -0.810. The van der Waals surface area contributed by atoms with Gasteiger partial charge in [0.2, 0.25) is 17.7 Å². The molecule has 1 saturated carbocycles. The molecule has 2 aliphatic heterocycles. The number of aromatic nitrogens is 1. The Balaban J connectivity index is 1.66. The fourth-order valence-electron chi connectivity index (χ4n) is 8.20. The number of nitrogens with two attached hydrogens (primary N) is 1. The molecule has 1 aromatic heterocycles. The van der Waals surface area contributed by atoms with Crippen LogP contribution >= 0.6 is 23.5 Å². The van der Waals surface area contributed by atoms with Gasteiger partial charge < -0.3 is 36.6 Å². The number of aldehydes is 1. The Morgan fingerprint density at radius 2 is 1.70 bits per heavy atom. The number of nitrogens with one attached hydrogen (secondary N) is 4. The molecule has 296 valence electrons. The second kappa shape index (κ2) is 17.7. The van der Waals surface area contributed by atoms with E-state index in [2.05, 4.69) is 20.9 Å². The Morgan fingerprint density at radius 1 is 1.06 bits per heavy atom. The summed E-state index contributed by atoms with van der Waals surface area (Å²) in [7, 11) is 0. The highest BCUT2D eigenvalue weighted by atomic mass is 32.2. The summed E-state index contributed by atoms with van der Waals surface area (Å²) in [6.07, 6.45) is 5.39. The monoisotopic (exact) mass is 776 g/mol. The predicted molar refractivity (Wildman–Crippen MR) is 209 cm³/mol. The van der Waals surface area contributed by atoms with Gasteiger partial charge in [-0.15, -0.1) is 23.5 Å². The summed E-state index contributed by atoms with van der Waals surface area (Å²) < 4.78 is -0.398. The van der Waals surface area contributed by atoms with Crippen molar-refractivity contribution in [3.05, 3.63) is 22.5 Å². The fourth-order valence-corrected chi connectivity index (χ4v) is 11.6. The number of hydrogen-bond donors (Lipinski definition) is 6. The normalized spacial score (nSPS) is 22.3. The number of aliphatic hydroxyl groups excluding tert-OH is 1. The molecule has 53 heavy (non-hydrogen) atoms. The van der Waals surface area contributed by atoms with Crippen LogP contribution in [0.5, 0.6) is 0 Å². The standard InChI is InChI=1S/C38H60N6O7S2/c1-8-15-37(21-45,19-27(39)47)43-32(48)26-18-38(52-16-12-17-53-38)20-44(26)35(51)31(36(5,6)7)42-33(49)29(25-13-10-9-11-14-25)41-34(50)30-28(24(4)46)22(2)23(3)40-30/h21,25-26,29,31,35,40,51H,8-20H2,1-7H3,(H2,39,47)(H,41,50)(H,42,49)(H,43,48)/t26-,29-,31+,35?,37+/m0/s1. The Morgan fingerprint density at radius 3 is 2.25 bits per heavy atom. The van der Waals surface area contributed by atoms with E-state index in [0.29, 0.717) is 42.5 Å². The van der Waals surface area contributed by atoms with Crippen molar-refractivity contribution < 1.29 is 33.9 Å². The van der Waals surface area contributed by atoms with E-state index in [-0.39, 0.29) is 30.2 Å². The molecule has 0 radical (unpaired) electrons. The molecule has 1 aliphatic carbocycles. The van der Waals surface area contributed by atoms with Crippen LogP contribution < -0.4 is 21.7 Å². The van der Waals surface area contributed by atoms with E-state index in [0.717, 1.165) is 50.0 Å². The van der Waals surface area contributed by atoms with E-state index >= 15 is 0 Å². The van der Waals surface area contributed by atoms with Gasteiger partial charge in [0, 0.05) is 12.2 Å². The van der Waals surface area contributed by atoms with Gasteiger partial charge in [0.25, 0.3) is 5.91 Å². The van der Waals surface area contributed by atoms with Gasteiger partial charge in [-0.05, 0) is 81.3 Å². The second-order valence-electron chi connectivity index (χ2n) is 16.3. The minimum Gasteiger partial charge on any atom is -0.376 e. The van der Waals surface area contributed by atoms with Crippen LogP contribution in [-0.2, 0) is 19.2 Å².